The van der Waals surface area contributed by atoms with Gasteiger partial charge in [0.25, 0.3) is 5.91 Å². The van der Waals surface area contributed by atoms with Crippen LogP contribution in [-0.2, 0) is 7.05 Å². The molecular weight excluding hydrogens is 298 g/mol. The van der Waals surface area contributed by atoms with Gasteiger partial charge in [0.2, 0.25) is 0 Å². The first kappa shape index (κ1) is 16.5. The summed E-state index contributed by atoms with van der Waals surface area (Å²) < 4.78 is 1.95. The number of thiazole rings is 1. The van der Waals surface area contributed by atoms with Crippen LogP contribution in [0.4, 0.5) is 5.13 Å². The Balaban J connectivity index is 2.16. The topological polar surface area (TPSA) is 71.8 Å². The lowest BCUT2D eigenvalue weighted by molar-refractivity contribution is 0.0935. The molecule has 2 N–H and O–H groups in total. The Morgan fingerprint density at radius 3 is 2.82 bits per heavy atom. The molecule has 2 heterocycles. The number of hydrogen-bond acceptors (Lipinski definition) is 5. The van der Waals surface area contributed by atoms with Gasteiger partial charge in [0.05, 0.1) is 11.7 Å². The van der Waals surface area contributed by atoms with E-state index in [1.807, 2.05) is 31.7 Å². The Hall–Kier alpha value is -1.89. The Labute approximate surface area is 135 Å². The van der Waals surface area contributed by atoms with Crippen molar-refractivity contribution >= 4 is 22.4 Å². The van der Waals surface area contributed by atoms with E-state index in [-0.39, 0.29) is 11.9 Å². The normalized spacial score (nSPS) is 12.2. The minimum Gasteiger partial charge on any atom is -0.362 e. The first-order valence-electron chi connectivity index (χ1n) is 7.56. The fourth-order valence-corrected chi connectivity index (χ4v) is 3.26. The molecule has 0 aliphatic carbocycles. The molecule has 22 heavy (non-hydrogen) atoms. The number of nitrogens with zero attached hydrogens (tertiary/aromatic N) is 3. The molecule has 0 saturated carbocycles. The molecule has 0 aliphatic rings. The van der Waals surface area contributed by atoms with Gasteiger partial charge in [-0.3, -0.25) is 4.79 Å². The quantitative estimate of drug-likeness (QED) is 0.822. The zero-order chi connectivity index (χ0) is 16.1. The van der Waals surface area contributed by atoms with E-state index < -0.39 is 0 Å². The van der Waals surface area contributed by atoms with Crippen LogP contribution in [0.3, 0.4) is 0 Å². The first-order valence-corrected chi connectivity index (χ1v) is 8.37. The number of nitrogens with one attached hydrogen (secondary N) is 2. The lowest BCUT2D eigenvalue weighted by atomic mass is 10.1. The van der Waals surface area contributed by atoms with E-state index in [9.17, 15) is 4.79 Å². The summed E-state index contributed by atoms with van der Waals surface area (Å²) in [6.07, 6.45) is 5.48. The number of amides is 1. The maximum absolute atomic E-state index is 12.6. The molecule has 0 aromatic carbocycles. The molecule has 1 amide bonds. The van der Waals surface area contributed by atoms with Crippen LogP contribution in [-0.4, -0.2) is 27.0 Å². The minimum absolute atomic E-state index is 0.0819. The predicted molar refractivity (Wildman–Crippen MR) is 89.3 cm³/mol. The fourth-order valence-electron chi connectivity index (χ4n) is 2.33. The molecule has 2 rings (SSSR count). The minimum atomic E-state index is -0.0828. The maximum atomic E-state index is 12.6. The van der Waals surface area contributed by atoms with Crippen LogP contribution in [0.5, 0.6) is 0 Å². The summed E-state index contributed by atoms with van der Waals surface area (Å²) in [5.41, 5.74) is 0.758. The van der Waals surface area contributed by atoms with Gasteiger partial charge in [-0.15, -0.1) is 0 Å². The lowest BCUT2D eigenvalue weighted by Crippen LogP contribution is -2.30. The van der Waals surface area contributed by atoms with Crippen molar-refractivity contribution in [3.63, 3.8) is 0 Å². The lowest BCUT2D eigenvalue weighted by Gasteiger charge is -2.17. The van der Waals surface area contributed by atoms with Gasteiger partial charge in [-0.1, -0.05) is 24.7 Å². The Bertz CT molecular complexity index is 634. The van der Waals surface area contributed by atoms with Crippen LogP contribution in [0.15, 0.2) is 12.4 Å². The van der Waals surface area contributed by atoms with Crippen molar-refractivity contribution in [3.05, 3.63) is 28.8 Å². The van der Waals surface area contributed by atoms with Gasteiger partial charge in [-0.2, -0.15) is 0 Å². The third kappa shape index (κ3) is 3.65. The Morgan fingerprint density at radius 1 is 1.45 bits per heavy atom. The van der Waals surface area contributed by atoms with Crippen molar-refractivity contribution < 1.29 is 4.79 Å². The molecule has 0 spiro atoms. The number of aryl methyl sites for hydroxylation is 2. The number of imidazole rings is 1. The van der Waals surface area contributed by atoms with Crippen molar-refractivity contribution in [2.45, 2.75) is 39.7 Å². The van der Waals surface area contributed by atoms with E-state index in [2.05, 4.69) is 27.5 Å². The highest BCUT2D eigenvalue weighted by atomic mass is 32.1. The number of rotatable bonds is 7. The largest absolute Gasteiger partial charge is 0.362 e. The second-order valence-corrected chi connectivity index (χ2v) is 6.17. The van der Waals surface area contributed by atoms with Crippen molar-refractivity contribution in [2.75, 3.05) is 11.9 Å². The highest BCUT2D eigenvalue weighted by Crippen LogP contribution is 2.24. The Kier molecular flexibility index (Phi) is 5.54. The smallest absolute Gasteiger partial charge is 0.263 e. The van der Waals surface area contributed by atoms with E-state index >= 15 is 0 Å². The molecule has 1 atom stereocenters. The van der Waals surface area contributed by atoms with E-state index in [1.165, 1.54) is 11.3 Å². The molecule has 120 valence electrons. The molecule has 2 aromatic rings. The zero-order valence-electron chi connectivity index (χ0n) is 13.5. The van der Waals surface area contributed by atoms with Gasteiger partial charge < -0.3 is 15.2 Å². The average molecular weight is 321 g/mol. The molecule has 0 saturated heterocycles. The van der Waals surface area contributed by atoms with Crippen molar-refractivity contribution in [3.8, 4) is 0 Å². The first-order chi connectivity index (χ1) is 10.6. The number of aromatic nitrogens is 3. The summed E-state index contributed by atoms with van der Waals surface area (Å²) in [6, 6.07) is -0.0819. The van der Waals surface area contributed by atoms with Gasteiger partial charge in [0.1, 0.15) is 10.7 Å². The molecule has 7 heteroatoms. The summed E-state index contributed by atoms with van der Waals surface area (Å²) in [5, 5.41) is 7.03. The Morgan fingerprint density at radius 2 is 2.23 bits per heavy atom. The molecule has 0 fully saturated rings. The van der Waals surface area contributed by atoms with Crippen molar-refractivity contribution in [1.82, 2.24) is 19.9 Å². The molecule has 0 bridgehead atoms. The number of anilines is 1. The number of carbonyl (C=O) groups is 1. The summed E-state index contributed by atoms with van der Waals surface area (Å²) in [6.45, 7) is 6.76. The van der Waals surface area contributed by atoms with Crippen LogP contribution >= 0.6 is 11.3 Å². The van der Waals surface area contributed by atoms with Crippen LogP contribution in [0.2, 0.25) is 0 Å². The van der Waals surface area contributed by atoms with Crippen LogP contribution in [0.25, 0.3) is 0 Å². The van der Waals surface area contributed by atoms with Crippen LogP contribution < -0.4 is 10.6 Å². The van der Waals surface area contributed by atoms with Gasteiger partial charge in [-0.25, -0.2) is 9.97 Å². The van der Waals surface area contributed by atoms with Crippen LogP contribution in [0, 0.1) is 6.92 Å². The summed E-state index contributed by atoms with van der Waals surface area (Å²) in [4.78, 5) is 22.0. The van der Waals surface area contributed by atoms with Gasteiger partial charge in [-0.05, 0) is 20.3 Å². The summed E-state index contributed by atoms with van der Waals surface area (Å²) in [5.74, 6) is 0.796. The molecule has 6 nitrogen and oxygen atoms in total. The fraction of sp³-hybridized carbons (Fsp3) is 0.533. The molecule has 0 aliphatic heterocycles. The monoisotopic (exact) mass is 321 g/mol. The van der Waals surface area contributed by atoms with Gasteiger partial charge in [0.15, 0.2) is 5.13 Å². The van der Waals surface area contributed by atoms with Crippen molar-refractivity contribution in [1.29, 1.82) is 0 Å². The summed E-state index contributed by atoms with van der Waals surface area (Å²) >= 11 is 1.39. The van der Waals surface area contributed by atoms with E-state index in [0.29, 0.717) is 4.88 Å². The third-order valence-corrected chi connectivity index (χ3v) is 4.50. The second kappa shape index (κ2) is 7.40. The molecule has 0 radical (unpaired) electrons. The molecular formula is C15H23N5OS. The maximum Gasteiger partial charge on any atom is 0.263 e. The standard InChI is InChI=1S/C15H23N5OS/c1-5-7-11(13-17-8-9-20(13)4)19-14(21)12-10(3)18-15(22-12)16-6-2/h8-9,11H,5-7H2,1-4H3,(H,16,18)(H,19,21)/t11-/m1/s1. The molecule has 0 unspecified atom stereocenters. The SMILES string of the molecule is CCC[C@@H](NC(=O)c1sc(NCC)nc1C)c1nccn1C. The van der Waals surface area contributed by atoms with Crippen LogP contribution in [0.1, 0.15) is 53.9 Å². The zero-order valence-corrected chi connectivity index (χ0v) is 14.3. The third-order valence-electron chi connectivity index (χ3n) is 3.38. The highest BCUT2D eigenvalue weighted by molar-refractivity contribution is 7.17. The van der Waals surface area contributed by atoms with E-state index in [0.717, 1.165) is 36.0 Å². The van der Waals surface area contributed by atoms with Gasteiger partial charge >= 0.3 is 0 Å². The van der Waals surface area contributed by atoms with E-state index in [1.54, 1.807) is 6.20 Å². The van der Waals surface area contributed by atoms with Gasteiger partial charge in [0, 0.05) is 26.0 Å². The summed E-state index contributed by atoms with van der Waals surface area (Å²) in [7, 11) is 1.94. The number of carbonyl (C=O) groups excluding carboxylic acids is 1. The van der Waals surface area contributed by atoms with E-state index in [4.69, 9.17) is 0 Å². The second-order valence-electron chi connectivity index (χ2n) is 5.17. The average Bonchev–Trinajstić information content (AvgIpc) is 3.05. The highest BCUT2D eigenvalue weighted by Gasteiger charge is 2.21. The molecule has 2 aromatic heterocycles. The van der Waals surface area contributed by atoms with Crippen molar-refractivity contribution in [2.24, 2.45) is 7.05 Å². The number of hydrogen-bond donors (Lipinski definition) is 2. The predicted octanol–water partition coefficient (Wildman–Crippen LogP) is 2.89.